The lowest BCUT2D eigenvalue weighted by atomic mass is 10.1. The van der Waals surface area contributed by atoms with Crippen LogP contribution in [-0.4, -0.2) is 42.1 Å². The first-order valence-corrected chi connectivity index (χ1v) is 9.30. The van der Waals surface area contributed by atoms with Crippen LogP contribution < -0.4 is 4.74 Å². The molecule has 0 radical (unpaired) electrons. The fraction of sp³-hybridized carbons (Fsp3) is 0.375. The molecule has 1 aromatic carbocycles. The third-order valence-corrected chi connectivity index (χ3v) is 5.65. The molecular weight excluding hydrogens is 333 g/mol. The highest BCUT2D eigenvalue weighted by molar-refractivity contribution is 7.88. The van der Waals surface area contributed by atoms with Crippen LogP contribution in [0.3, 0.4) is 0 Å². The van der Waals surface area contributed by atoms with Gasteiger partial charge in [0.15, 0.2) is 0 Å². The largest absolute Gasteiger partial charge is 0.472 e. The number of ether oxygens (including phenoxy) is 1. The van der Waals surface area contributed by atoms with Gasteiger partial charge in [0.05, 0.1) is 12.3 Å². The van der Waals surface area contributed by atoms with Gasteiger partial charge in [-0.1, -0.05) is 12.1 Å². The summed E-state index contributed by atoms with van der Waals surface area (Å²) in [5, 5.41) is 7.60. The van der Waals surface area contributed by atoms with E-state index >= 15 is 0 Å². The standard InChI is InChI=1S/C16H18FN3O3S/c17-14-7-5-13(6-8-14)12-24(21,22)20-10-2-3-15(11-20)23-16-4-1-9-18-19-16/h1,4-9,15H,2-3,10-12H2. The molecule has 1 aliphatic heterocycles. The molecule has 0 saturated carbocycles. The summed E-state index contributed by atoms with van der Waals surface area (Å²) in [6.45, 7) is 0.740. The van der Waals surface area contributed by atoms with Gasteiger partial charge in [-0.05, 0) is 36.6 Å². The minimum Gasteiger partial charge on any atom is -0.472 e. The lowest BCUT2D eigenvalue weighted by molar-refractivity contribution is 0.123. The van der Waals surface area contributed by atoms with Gasteiger partial charge in [0.2, 0.25) is 15.9 Å². The first kappa shape index (κ1) is 16.8. The molecule has 8 heteroatoms. The molecule has 0 bridgehead atoms. The molecule has 3 rings (SSSR count). The summed E-state index contributed by atoms with van der Waals surface area (Å²) in [6, 6.07) is 8.92. The van der Waals surface area contributed by atoms with E-state index < -0.39 is 10.0 Å². The van der Waals surface area contributed by atoms with E-state index in [1.165, 1.54) is 28.6 Å². The van der Waals surface area contributed by atoms with Crippen molar-refractivity contribution in [3.8, 4) is 5.88 Å². The predicted octanol–water partition coefficient (Wildman–Crippen LogP) is 1.99. The molecule has 24 heavy (non-hydrogen) atoms. The number of aromatic nitrogens is 2. The second-order valence-corrected chi connectivity index (χ2v) is 7.65. The van der Waals surface area contributed by atoms with Crippen molar-refractivity contribution >= 4 is 10.0 Å². The van der Waals surface area contributed by atoms with Crippen molar-refractivity contribution in [2.45, 2.75) is 24.7 Å². The summed E-state index contributed by atoms with van der Waals surface area (Å²) in [5.41, 5.74) is 0.563. The molecule has 1 aliphatic rings. The van der Waals surface area contributed by atoms with Crippen LogP contribution in [0.25, 0.3) is 0 Å². The molecule has 1 aromatic heterocycles. The highest BCUT2D eigenvalue weighted by atomic mass is 32.2. The van der Waals surface area contributed by atoms with Crippen molar-refractivity contribution in [2.24, 2.45) is 0 Å². The molecule has 1 unspecified atom stereocenters. The number of hydrogen-bond acceptors (Lipinski definition) is 5. The normalized spacial score (nSPS) is 19.1. The molecule has 2 heterocycles. The minimum atomic E-state index is -3.48. The monoisotopic (exact) mass is 351 g/mol. The number of benzene rings is 1. The van der Waals surface area contributed by atoms with Crippen LogP contribution in [0.1, 0.15) is 18.4 Å². The highest BCUT2D eigenvalue weighted by Gasteiger charge is 2.30. The second kappa shape index (κ2) is 7.23. The zero-order valence-corrected chi connectivity index (χ0v) is 13.8. The Morgan fingerprint density at radius 1 is 1.25 bits per heavy atom. The molecule has 0 amide bonds. The number of hydrogen-bond donors (Lipinski definition) is 0. The maximum absolute atomic E-state index is 12.9. The van der Waals surface area contributed by atoms with Crippen molar-refractivity contribution in [3.05, 3.63) is 54.0 Å². The third kappa shape index (κ3) is 4.27. The SMILES string of the molecule is O=S(=O)(Cc1ccc(F)cc1)N1CCCC(Oc2cccnn2)C1. The average Bonchev–Trinajstić information content (AvgIpc) is 2.58. The van der Waals surface area contributed by atoms with Crippen LogP contribution in [0, 0.1) is 5.82 Å². The summed E-state index contributed by atoms with van der Waals surface area (Å²) >= 11 is 0. The van der Waals surface area contributed by atoms with Gasteiger partial charge in [-0.2, -0.15) is 9.40 Å². The molecule has 1 saturated heterocycles. The first-order chi connectivity index (χ1) is 11.5. The van der Waals surface area contributed by atoms with Crippen molar-refractivity contribution in [2.75, 3.05) is 13.1 Å². The van der Waals surface area contributed by atoms with Gasteiger partial charge in [0.1, 0.15) is 11.9 Å². The summed E-state index contributed by atoms with van der Waals surface area (Å²) in [7, 11) is -3.48. The maximum atomic E-state index is 12.9. The van der Waals surface area contributed by atoms with E-state index in [2.05, 4.69) is 10.2 Å². The fourth-order valence-corrected chi connectivity index (χ4v) is 4.25. The van der Waals surface area contributed by atoms with Crippen molar-refractivity contribution in [1.29, 1.82) is 0 Å². The molecule has 1 atom stereocenters. The van der Waals surface area contributed by atoms with Gasteiger partial charge in [-0.15, -0.1) is 5.10 Å². The van der Waals surface area contributed by atoms with Gasteiger partial charge in [0.25, 0.3) is 0 Å². The molecule has 0 N–H and O–H groups in total. The Kier molecular flexibility index (Phi) is 5.06. The lowest BCUT2D eigenvalue weighted by Crippen LogP contribution is -2.44. The van der Waals surface area contributed by atoms with E-state index in [1.807, 2.05) is 0 Å². The lowest BCUT2D eigenvalue weighted by Gasteiger charge is -2.31. The summed E-state index contributed by atoms with van der Waals surface area (Å²) in [6.07, 6.45) is 2.78. The maximum Gasteiger partial charge on any atom is 0.233 e. The van der Waals surface area contributed by atoms with E-state index in [9.17, 15) is 12.8 Å². The van der Waals surface area contributed by atoms with Crippen LogP contribution >= 0.6 is 0 Å². The quantitative estimate of drug-likeness (QED) is 0.824. The van der Waals surface area contributed by atoms with Gasteiger partial charge in [-0.3, -0.25) is 0 Å². The van der Waals surface area contributed by atoms with E-state index in [0.717, 1.165) is 6.42 Å². The van der Waals surface area contributed by atoms with Crippen LogP contribution in [-0.2, 0) is 15.8 Å². The average molecular weight is 351 g/mol. The highest BCUT2D eigenvalue weighted by Crippen LogP contribution is 2.20. The zero-order chi connectivity index (χ0) is 17.0. The number of halogens is 1. The number of sulfonamides is 1. The van der Waals surface area contributed by atoms with Gasteiger partial charge in [-0.25, -0.2) is 12.8 Å². The third-order valence-electron chi connectivity index (χ3n) is 3.83. The zero-order valence-electron chi connectivity index (χ0n) is 13.0. The fourth-order valence-electron chi connectivity index (χ4n) is 2.66. The Hall–Kier alpha value is -2.06. The van der Waals surface area contributed by atoms with Gasteiger partial charge >= 0.3 is 0 Å². The summed E-state index contributed by atoms with van der Waals surface area (Å²) in [4.78, 5) is 0. The Morgan fingerprint density at radius 3 is 2.75 bits per heavy atom. The summed E-state index contributed by atoms with van der Waals surface area (Å²) in [5.74, 6) is -0.141. The van der Waals surface area contributed by atoms with E-state index in [0.29, 0.717) is 24.4 Å². The van der Waals surface area contributed by atoms with Crippen LogP contribution in [0.2, 0.25) is 0 Å². The predicted molar refractivity (Wildman–Crippen MR) is 86.3 cm³/mol. The second-order valence-electron chi connectivity index (χ2n) is 5.68. The Labute approximate surface area is 140 Å². The Balaban J connectivity index is 1.65. The van der Waals surface area contributed by atoms with Gasteiger partial charge in [0, 0.05) is 18.8 Å². The first-order valence-electron chi connectivity index (χ1n) is 7.69. The number of rotatable bonds is 5. The van der Waals surface area contributed by atoms with Crippen LogP contribution in [0.15, 0.2) is 42.6 Å². The molecular formula is C16H18FN3O3S. The van der Waals surface area contributed by atoms with Crippen molar-refractivity contribution in [1.82, 2.24) is 14.5 Å². The number of piperidine rings is 1. The molecule has 1 fully saturated rings. The van der Waals surface area contributed by atoms with E-state index in [1.54, 1.807) is 18.3 Å². The number of nitrogens with zero attached hydrogens (tertiary/aromatic N) is 3. The van der Waals surface area contributed by atoms with E-state index in [4.69, 9.17) is 4.74 Å². The van der Waals surface area contributed by atoms with Crippen LogP contribution in [0.5, 0.6) is 5.88 Å². The van der Waals surface area contributed by atoms with Gasteiger partial charge < -0.3 is 4.74 Å². The molecule has 2 aromatic rings. The Bertz CT molecular complexity index is 769. The minimum absolute atomic E-state index is 0.148. The smallest absolute Gasteiger partial charge is 0.233 e. The molecule has 128 valence electrons. The summed E-state index contributed by atoms with van der Waals surface area (Å²) < 4.78 is 45.3. The van der Waals surface area contributed by atoms with E-state index in [-0.39, 0.29) is 24.2 Å². The van der Waals surface area contributed by atoms with Crippen LogP contribution in [0.4, 0.5) is 4.39 Å². The van der Waals surface area contributed by atoms with Crippen molar-refractivity contribution in [3.63, 3.8) is 0 Å². The molecule has 0 spiro atoms. The molecule has 6 nitrogen and oxygen atoms in total. The van der Waals surface area contributed by atoms with Crippen molar-refractivity contribution < 1.29 is 17.5 Å². The topological polar surface area (TPSA) is 72.4 Å². The molecule has 0 aliphatic carbocycles. The Morgan fingerprint density at radius 2 is 2.04 bits per heavy atom.